The van der Waals surface area contributed by atoms with Gasteiger partial charge in [-0.3, -0.25) is 4.79 Å². The van der Waals surface area contributed by atoms with Crippen LogP contribution in [0, 0.1) is 17.8 Å². The predicted molar refractivity (Wildman–Crippen MR) is 115 cm³/mol. The minimum absolute atomic E-state index is 0.113. The molecule has 1 N–H and O–H groups in total. The number of carbonyl (C=O) groups is 1. The first kappa shape index (κ1) is 25.5. The average Bonchev–Trinajstić information content (AvgIpc) is 2.60. The van der Waals surface area contributed by atoms with Crippen LogP contribution in [0.15, 0.2) is 0 Å². The Bertz CT molecular complexity index is 311. The van der Waals surface area contributed by atoms with Gasteiger partial charge in [-0.1, -0.05) is 118 Å². The standard InChI is InChI=1S/C24H48O2/c1-5-7-18-22(6-2)20-23(24(25)26)19-16-14-12-10-8-9-11-13-15-17-21(3)4/h21-23H,5-20H2,1-4H3,(H,25,26). The first-order valence-electron chi connectivity index (χ1n) is 11.7. The molecule has 0 bridgehead atoms. The van der Waals surface area contributed by atoms with Crippen molar-refractivity contribution in [3.63, 3.8) is 0 Å². The Kier molecular flexibility index (Phi) is 17.5. The molecule has 0 saturated heterocycles. The molecule has 2 atom stereocenters. The van der Waals surface area contributed by atoms with E-state index in [1.54, 1.807) is 0 Å². The van der Waals surface area contributed by atoms with E-state index in [1.807, 2.05) is 0 Å². The molecule has 0 heterocycles. The fourth-order valence-corrected chi connectivity index (χ4v) is 3.91. The summed E-state index contributed by atoms with van der Waals surface area (Å²) >= 11 is 0. The van der Waals surface area contributed by atoms with Crippen LogP contribution in [0.4, 0.5) is 0 Å². The van der Waals surface area contributed by atoms with Crippen LogP contribution in [0.3, 0.4) is 0 Å². The van der Waals surface area contributed by atoms with Crippen molar-refractivity contribution in [2.45, 2.75) is 130 Å². The monoisotopic (exact) mass is 368 g/mol. The molecule has 0 saturated carbocycles. The molecule has 2 heteroatoms. The molecule has 26 heavy (non-hydrogen) atoms. The maximum absolute atomic E-state index is 11.6. The van der Waals surface area contributed by atoms with Crippen molar-refractivity contribution < 1.29 is 9.90 Å². The van der Waals surface area contributed by atoms with E-state index in [9.17, 15) is 9.90 Å². The summed E-state index contributed by atoms with van der Waals surface area (Å²) in [7, 11) is 0. The Labute approximate surface area is 164 Å². The number of hydrogen-bond acceptors (Lipinski definition) is 1. The zero-order valence-corrected chi connectivity index (χ0v) is 18.4. The largest absolute Gasteiger partial charge is 0.481 e. The van der Waals surface area contributed by atoms with Crippen molar-refractivity contribution in [1.29, 1.82) is 0 Å². The van der Waals surface area contributed by atoms with Crippen LogP contribution >= 0.6 is 0 Å². The van der Waals surface area contributed by atoms with Crippen LogP contribution in [0.25, 0.3) is 0 Å². The van der Waals surface area contributed by atoms with Gasteiger partial charge in [0.2, 0.25) is 0 Å². The maximum Gasteiger partial charge on any atom is 0.306 e. The third-order valence-electron chi connectivity index (χ3n) is 5.84. The van der Waals surface area contributed by atoms with Gasteiger partial charge in [0.15, 0.2) is 0 Å². The zero-order valence-electron chi connectivity index (χ0n) is 18.4. The van der Waals surface area contributed by atoms with Gasteiger partial charge in [0.25, 0.3) is 0 Å². The first-order chi connectivity index (χ1) is 12.5. The highest BCUT2D eigenvalue weighted by Crippen LogP contribution is 2.25. The number of carboxylic acid groups (broad SMARTS) is 1. The van der Waals surface area contributed by atoms with Gasteiger partial charge in [-0.05, 0) is 24.7 Å². The van der Waals surface area contributed by atoms with Crippen LogP contribution in [-0.4, -0.2) is 11.1 Å². The summed E-state index contributed by atoms with van der Waals surface area (Å²) in [5.41, 5.74) is 0. The van der Waals surface area contributed by atoms with E-state index in [0.29, 0.717) is 5.92 Å². The summed E-state index contributed by atoms with van der Waals surface area (Å²) < 4.78 is 0. The molecule has 0 spiro atoms. The average molecular weight is 369 g/mol. The zero-order chi connectivity index (χ0) is 19.6. The molecule has 0 radical (unpaired) electrons. The van der Waals surface area contributed by atoms with Crippen molar-refractivity contribution in [3.8, 4) is 0 Å². The van der Waals surface area contributed by atoms with Gasteiger partial charge in [-0.2, -0.15) is 0 Å². The van der Waals surface area contributed by atoms with Crippen LogP contribution in [-0.2, 0) is 4.79 Å². The summed E-state index contributed by atoms with van der Waals surface area (Å²) in [5, 5.41) is 9.52. The van der Waals surface area contributed by atoms with E-state index in [4.69, 9.17) is 0 Å². The lowest BCUT2D eigenvalue weighted by Crippen LogP contribution is -2.18. The van der Waals surface area contributed by atoms with Gasteiger partial charge in [0.05, 0.1) is 5.92 Å². The highest BCUT2D eigenvalue weighted by molar-refractivity contribution is 5.69. The number of carboxylic acids is 1. The lowest BCUT2D eigenvalue weighted by Gasteiger charge is -2.19. The normalized spacial score (nSPS) is 13.9. The summed E-state index contributed by atoms with van der Waals surface area (Å²) in [6.07, 6.45) is 19.8. The van der Waals surface area contributed by atoms with Gasteiger partial charge in [0, 0.05) is 0 Å². The fourth-order valence-electron chi connectivity index (χ4n) is 3.91. The second-order valence-electron chi connectivity index (χ2n) is 8.84. The lowest BCUT2D eigenvalue weighted by atomic mass is 9.86. The third-order valence-corrected chi connectivity index (χ3v) is 5.84. The molecule has 0 fully saturated rings. The van der Waals surface area contributed by atoms with Gasteiger partial charge >= 0.3 is 5.97 Å². The Balaban J connectivity index is 3.67. The van der Waals surface area contributed by atoms with Gasteiger partial charge in [0.1, 0.15) is 0 Å². The SMILES string of the molecule is CCCCC(CC)CC(CCCCCCCCCCCC(C)C)C(=O)O. The quantitative estimate of drug-likeness (QED) is 0.233. The van der Waals surface area contributed by atoms with Crippen molar-refractivity contribution in [2.24, 2.45) is 17.8 Å². The molecule has 0 aliphatic carbocycles. The number of rotatable bonds is 19. The summed E-state index contributed by atoms with van der Waals surface area (Å²) in [6, 6.07) is 0. The molecule has 0 aromatic carbocycles. The molecule has 0 aliphatic rings. The highest BCUT2D eigenvalue weighted by Gasteiger charge is 2.21. The molecule has 0 rings (SSSR count). The van der Waals surface area contributed by atoms with Crippen molar-refractivity contribution in [1.82, 2.24) is 0 Å². The molecule has 2 unspecified atom stereocenters. The lowest BCUT2D eigenvalue weighted by molar-refractivity contribution is -0.142. The Morgan fingerprint density at radius 2 is 1.23 bits per heavy atom. The van der Waals surface area contributed by atoms with Gasteiger partial charge < -0.3 is 5.11 Å². The van der Waals surface area contributed by atoms with E-state index in [-0.39, 0.29) is 5.92 Å². The third kappa shape index (κ3) is 15.7. The second-order valence-corrected chi connectivity index (χ2v) is 8.84. The van der Waals surface area contributed by atoms with Crippen molar-refractivity contribution in [3.05, 3.63) is 0 Å². The Morgan fingerprint density at radius 3 is 1.65 bits per heavy atom. The minimum Gasteiger partial charge on any atom is -0.481 e. The maximum atomic E-state index is 11.6. The Morgan fingerprint density at radius 1 is 0.731 bits per heavy atom. The molecule has 0 amide bonds. The van der Waals surface area contributed by atoms with E-state index in [0.717, 1.165) is 31.6 Å². The number of unbranched alkanes of at least 4 members (excludes halogenated alkanes) is 9. The van der Waals surface area contributed by atoms with Gasteiger partial charge in [-0.15, -0.1) is 0 Å². The van der Waals surface area contributed by atoms with E-state index in [1.165, 1.54) is 77.0 Å². The summed E-state index contributed by atoms with van der Waals surface area (Å²) in [4.78, 5) is 11.6. The Hall–Kier alpha value is -0.530. The molecular formula is C24H48O2. The molecule has 0 aromatic heterocycles. The van der Waals surface area contributed by atoms with Crippen LogP contribution in [0.2, 0.25) is 0 Å². The minimum atomic E-state index is -0.568. The second kappa shape index (κ2) is 17.9. The summed E-state index contributed by atoms with van der Waals surface area (Å²) in [5.74, 6) is 0.773. The van der Waals surface area contributed by atoms with E-state index >= 15 is 0 Å². The first-order valence-corrected chi connectivity index (χ1v) is 11.7. The molecule has 0 aliphatic heterocycles. The predicted octanol–water partition coefficient (Wildman–Crippen LogP) is 8.24. The number of hydrogen-bond donors (Lipinski definition) is 1. The smallest absolute Gasteiger partial charge is 0.306 e. The highest BCUT2D eigenvalue weighted by atomic mass is 16.4. The fraction of sp³-hybridized carbons (Fsp3) is 0.958. The van der Waals surface area contributed by atoms with Crippen molar-refractivity contribution >= 4 is 5.97 Å². The molecule has 2 nitrogen and oxygen atoms in total. The van der Waals surface area contributed by atoms with Crippen LogP contribution < -0.4 is 0 Å². The van der Waals surface area contributed by atoms with Crippen molar-refractivity contribution in [2.75, 3.05) is 0 Å². The van der Waals surface area contributed by atoms with Crippen LogP contribution in [0.1, 0.15) is 130 Å². The molecule has 0 aromatic rings. The topological polar surface area (TPSA) is 37.3 Å². The summed E-state index contributed by atoms with van der Waals surface area (Å²) in [6.45, 7) is 9.04. The van der Waals surface area contributed by atoms with E-state index < -0.39 is 5.97 Å². The van der Waals surface area contributed by atoms with Crippen LogP contribution in [0.5, 0.6) is 0 Å². The van der Waals surface area contributed by atoms with Gasteiger partial charge in [-0.25, -0.2) is 0 Å². The number of aliphatic carboxylic acids is 1. The van der Waals surface area contributed by atoms with E-state index in [2.05, 4.69) is 27.7 Å². The molecular weight excluding hydrogens is 320 g/mol. The molecule has 156 valence electrons.